The lowest BCUT2D eigenvalue weighted by Gasteiger charge is -2.32. The first-order chi connectivity index (χ1) is 9.75. The molecular formula is C17H24F3N. The molecule has 1 saturated carbocycles. The Balaban J connectivity index is 1.91. The molecule has 1 aromatic rings. The number of rotatable bonds is 3. The topological polar surface area (TPSA) is 12.0 Å². The van der Waals surface area contributed by atoms with Crippen molar-refractivity contribution >= 4 is 0 Å². The minimum absolute atomic E-state index is 0.177. The van der Waals surface area contributed by atoms with Gasteiger partial charge >= 0.3 is 6.18 Å². The van der Waals surface area contributed by atoms with Gasteiger partial charge in [0.2, 0.25) is 0 Å². The molecule has 1 fully saturated rings. The molecule has 0 saturated heterocycles. The van der Waals surface area contributed by atoms with Crippen LogP contribution in [0.15, 0.2) is 18.2 Å². The molecule has 1 unspecified atom stereocenters. The summed E-state index contributed by atoms with van der Waals surface area (Å²) < 4.78 is 38.0. The summed E-state index contributed by atoms with van der Waals surface area (Å²) in [6, 6.07) is 6.79. The number of halogens is 3. The first kappa shape index (κ1) is 16.3. The molecule has 118 valence electrons. The molecule has 2 rings (SSSR count). The Kier molecular flexibility index (Phi) is 4.97. The predicted molar refractivity (Wildman–Crippen MR) is 79.3 cm³/mol. The normalized spacial score (nSPS) is 24.9. The summed E-state index contributed by atoms with van der Waals surface area (Å²) in [6.07, 6.45) is -2.30. The molecule has 0 bridgehead atoms. The number of hydrogen-bond acceptors (Lipinski definition) is 1. The molecule has 0 spiro atoms. The van der Waals surface area contributed by atoms with Gasteiger partial charge in [-0.15, -0.1) is 0 Å². The van der Waals surface area contributed by atoms with Gasteiger partial charge in [-0.2, -0.15) is 13.2 Å². The Bertz CT molecular complexity index is 453. The van der Waals surface area contributed by atoms with Gasteiger partial charge in [0.1, 0.15) is 0 Å². The van der Waals surface area contributed by atoms with Crippen molar-refractivity contribution in [3.05, 3.63) is 34.9 Å². The van der Waals surface area contributed by atoms with E-state index in [1.807, 2.05) is 0 Å². The molecule has 0 radical (unpaired) electrons. The lowest BCUT2D eigenvalue weighted by atomic mass is 9.85. The molecule has 1 nitrogen and oxygen atoms in total. The second-order valence-corrected chi connectivity index (χ2v) is 6.40. The number of hydrogen-bond donors (Lipinski definition) is 1. The molecule has 1 aliphatic carbocycles. The molecule has 0 aliphatic heterocycles. The third-order valence-corrected chi connectivity index (χ3v) is 4.42. The van der Waals surface area contributed by atoms with Crippen molar-refractivity contribution in [3.63, 3.8) is 0 Å². The Morgan fingerprint density at radius 1 is 1.00 bits per heavy atom. The zero-order chi connectivity index (χ0) is 15.6. The van der Waals surface area contributed by atoms with Crippen LogP contribution in [0.2, 0.25) is 0 Å². The van der Waals surface area contributed by atoms with Crippen LogP contribution in [0.4, 0.5) is 13.2 Å². The van der Waals surface area contributed by atoms with E-state index in [0.29, 0.717) is 12.8 Å². The standard InChI is InChI=1S/C17H24F3N/c1-11-8-12(2)10-14(9-11)13(3)21-16-6-4-15(5-7-16)17(18,19)20/h8-10,13,15-16,21H,4-7H2,1-3H3. The number of alkyl halides is 3. The predicted octanol–water partition coefficient (Wildman–Crippen LogP) is 5.08. The quantitative estimate of drug-likeness (QED) is 0.821. The Morgan fingerprint density at radius 2 is 1.52 bits per heavy atom. The zero-order valence-corrected chi connectivity index (χ0v) is 12.9. The van der Waals surface area contributed by atoms with Crippen LogP contribution in [0.5, 0.6) is 0 Å². The minimum atomic E-state index is -4.02. The van der Waals surface area contributed by atoms with Crippen molar-refractivity contribution in [1.82, 2.24) is 5.32 Å². The lowest BCUT2D eigenvalue weighted by Crippen LogP contribution is -2.38. The summed E-state index contributed by atoms with van der Waals surface area (Å²) in [5, 5.41) is 3.49. The highest BCUT2D eigenvalue weighted by Crippen LogP contribution is 2.37. The maximum absolute atomic E-state index is 12.7. The zero-order valence-electron chi connectivity index (χ0n) is 12.9. The molecule has 1 N–H and O–H groups in total. The van der Waals surface area contributed by atoms with Gasteiger partial charge in [0, 0.05) is 12.1 Å². The van der Waals surface area contributed by atoms with Crippen LogP contribution in [0.25, 0.3) is 0 Å². The smallest absolute Gasteiger partial charge is 0.307 e. The van der Waals surface area contributed by atoms with Gasteiger partial charge in [-0.3, -0.25) is 0 Å². The van der Waals surface area contributed by atoms with Crippen LogP contribution in [0.1, 0.15) is 55.3 Å². The third-order valence-electron chi connectivity index (χ3n) is 4.42. The fourth-order valence-electron chi connectivity index (χ4n) is 3.30. The highest BCUT2D eigenvalue weighted by atomic mass is 19.4. The van der Waals surface area contributed by atoms with Gasteiger partial charge in [-0.25, -0.2) is 0 Å². The fraction of sp³-hybridized carbons (Fsp3) is 0.647. The van der Waals surface area contributed by atoms with Gasteiger partial charge in [-0.05, 0) is 52.0 Å². The van der Waals surface area contributed by atoms with Crippen molar-refractivity contribution < 1.29 is 13.2 Å². The van der Waals surface area contributed by atoms with Crippen LogP contribution < -0.4 is 5.32 Å². The highest BCUT2D eigenvalue weighted by Gasteiger charge is 2.41. The monoisotopic (exact) mass is 299 g/mol. The molecule has 0 heterocycles. The van der Waals surface area contributed by atoms with E-state index >= 15 is 0 Å². The van der Waals surface area contributed by atoms with E-state index in [9.17, 15) is 13.2 Å². The summed E-state index contributed by atoms with van der Waals surface area (Å²) >= 11 is 0. The van der Waals surface area contributed by atoms with Gasteiger partial charge in [0.15, 0.2) is 0 Å². The van der Waals surface area contributed by atoms with Crippen molar-refractivity contribution in [1.29, 1.82) is 0 Å². The SMILES string of the molecule is Cc1cc(C)cc(C(C)NC2CCC(C(F)(F)F)CC2)c1. The molecule has 0 aromatic heterocycles. The maximum Gasteiger partial charge on any atom is 0.391 e. The molecule has 0 amide bonds. The van der Waals surface area contributed by atoms with Gasteiger partial charge in [0.05, 0.1) is 5.92 Å². The fourth-order valence-corrected chi connectivity index (χ4v) is 3.30. The summed E-state index contributed by atoms with van der Waals surface area (Å²) in [5.74, 6) is -1.10. The Morgan fingerprint density at radius 3 is 2.00 bits per heavy atom. The summed E-state index contributed by atoms with van der Waals surface area (Å²) in [4.78, 5) is 0. The second kappa shape index (κ2) is 6.39. The van der Waals surface area contributed by atoms with E-state index in [1.54, 1.807) is 0 Å². The second-order valence-electron chi connectivity index (χ2n) is 6.40. The molecule has 4 heteroatoms. The maximum atomic E-state index is 12.7. The first-order valence-electron chi connectivity index (χ1n) is 7.66. The lowest BCUT2D eigenvalue weighted by molar-refractivity contribution is -0.182. The number of benzene rings is 1. The van der Waals surface area contributed by atoms with E-state index in [-0.39, 0.29) is 24.9 Å². The molecule has 1 atom stereocenters. The van der Waals surface area contributed by atoms with Crippen LogP contribution in [0, 0.1) is 19.8 Å². The Hall–Kier alpha value is -1.03. The average Bonchev–Trinajstić information content (AvgIpc) is 2.37. The van der Waals surface area contributed by atoms with E-state index in [0.717, 1.165) is 0 Å². The van der Waals surface area contributed by atoms with Gasteiger partial charge in [0.25, 0.3) is 0 Å². The third kappa shape index (κ3) is 4.47. The summed E-state index contributed by atoms with van der Waals surface area (Å²) in [5.41, 5.74) is 3.66. The average molecular weight is 299 g/mol. The van der Waals surface area contributed by atoms with Crippen LogP contribution >= 0.6 is 0 Å². The van der Waals surface area contributed by atoms with E-state index in [2.05, 4.69) is 44.3 Å². The van der Waals surface area contributed by atoms with E-state index < -0.39 is 12.1 Å². The van der Waals surface area contributed by atoms with Gasteiger partial charge in [-0.1, -0.05) is 29.3 Å². The molecule has 1 aliphatic rings. The van der Waals surface area contributed by atoms with Crippen molar-refractivity contribution in [2.24, 2.45) is 5.92 Å². The van der Waals surface area contributed by atoms with Crippen molar-refractivity contribution in [2.75, 3.05) is 0 Å². The van der Waals surface area contributed by atoms with Crippen molar-refractivity contribution in [3.8, 4) is 0 Å². The molecular weight excluding hydrogens is 275 g/mol. The van der Waals surface area contributed by atoms with Crippen LogP contribution in [0.3, 0.4) is 0 Å². The van der Waals surface area contributed by atoms with E-state index in [4.69, 9.17) is 0 Å². The summed E-state index contributed by atoms with van der Waals surface area (Å²) in [7, 11) is 0. The van der Waals surface area contributed by atoms with Crippen LogP contribution in [-0.2, 0) is 0 Å². The van der Waals surface area contributed by atoms with Crippen molar-refractivity contribution in [2.45, 2.75) is 64.7 Å². The minimum Gasteiger partial charge on any atom is -0.307 e. The number of nitrogens with one attached hydrogen (secondary N) is 1. The first-order valence-corrected chi connectivity index (χ1v) is 7.66. The number of aryl methyl sites for hydroxylation is 2. The Labute approximate surface area is 124 Å². The molecule has 1 aromatic carbocycles. The van der Waals surface area contributed by atoms with E-state index in [1.165, 1.54) is 16.7 Å². The van der Waals surface area contributed by atoms with Gasteiger partial charge < -0.3 is 5.32 Å². The summed E-state index contributed by atoms with van der Waals surface area (Å²) in [6.45, 7) is 6.22. The largest absolute Gasteiger partial charge is 0.391 e. The molecule has 21 heavy (non-hydrogen) atoms. The highest BCUT2D eigenvalue weighted by molar-refractivity contribution is 5.30. The van der Waals surface area contributed by atoms with Crippen LogP contribution in [-0.4, -0.2) is 12.2 Å².